The number of fused-ring (bicyclic) bond motifs is 4. The minimum atomic E-state index is -0.528. The van der Waals surface area contributed by atoms with Gasteiger partial charge in [-0.2, -0.15) is 0 Å². The molecular weight excluding hydrogens is 510 g/mol. The zero-order valence-corrected chi connectivity index (χ0v) is 22.8. The van der Waals surface area contributed by atoms with Gasteiger partial charge in [-0.3, -0.25) is 9.69 Å². The molecule has 1 N–H and O–H groups in total. The first-order chi connectivity index (χ1) is 18.6. The monoisotopic (exact) mass is 543 g/mol. The van der Waals surface area contributed by atoms with Crippen molar-refractivity contribution in [2.45, 2.75) is 37.8 Å². The van der Waals surface area contributed by atoms with E-state index in [1.54, 1.807) is 4.90 Å². The number of halogens is 1. The van der Waals surface area contributed by atoms with Crippen LogP contribution in [0.2, 0.25) is 0 Å². The molecule has 4 aliphatic rings. The molecule has 3 aromatic carbocycles. The molecule has 7 heteroatoms. The fourth-order valence-electron chi connectivity index (χ4n) is 7.02. The van der Waals surface area contributed by atoms with E-state index in [1.165, 1.54) is 22.3 Å². The van der Waals surface area contributed by atoms with Gasteiger partial charge in [0.25, 0.3) is 0 Å². The summed E-state index contributed by atoms with van der Waals surface area (Å²) in [5.41, 5.74) is 7.26. The molecule has 0 unspecified atom stereocenters. The molecule has 6 nitrogen and oxygen atoms in total. The van der Waals surface area contributed by atoms with E-state index < -0.39 is 12.1 Å². The molecule has 2 amide bonds. The van der Waals surface area contributed by atoms with Gasteiger partial charge in [-0.15, -0.1) is 12.4 Å². The Hall–Kier alpha value is -3.35. The Morgan fingerprint density at radius 1 is 0.846 bits per heavy atom. The van der Waals surface area contributed by atoms with Crippen LogP contribution in [0.15, 0.2) is 72.8 Å². The lowest BCUT2D eigenvalue weighted by atomic mass is 9.72. The minimum absolute atomic E-state index is 0. The Morgan fingerprint density at radius 3 is 2.10 bits per heavy atom. The first kappa shape index (κ1) is 25.9. The third-order valence-electron chi connectivity index (χ3n) is 9.13. The highest BCUT2D eigenvalue weighted by Gasteiger charge is 2.48. The van der Waals surface area contributed by atoms with E-state index in [0.717, 1.165) is 50.1 Å². The third-order valence-corrected chi connectivity index (χ3v) is 9.13. The Bertz CT molecular complexity index is 1350. The third kappa shape index (κ3) is 4.50. The normalized spacial score (nSPS) is 20.8. The molecule has 3 aromatic rings. The Morgan fingerprint density at radius 2 is 1.44 bits per heavy atom. The second kappa shape index (κ2) is 10.3. The van der Waals surface area contributed by atoms with Gasteiger partial charge >= 0.3 is 6.09 Å². The summed E-state index contributed by atoms with van der Waals surface area (Å²) in [6.07, 6.45) is 2.35. The van der Waals surface area contributed by atoms with Crippen LogP contribution in [0.3, 0.4) is 0 Å². The average Bonchev–Trinajstić information content (AvgIpc) is 3.27. The van der Waals surface area contributed by atoms with Gasteiger partial charge in [-0.1, -0.05) is 72.8 Å². The highest BCUT2D eigenvalue weighted by Crippen LogP contribution is 2.45. The highest BCUT2D eigenvalue weighted by molar-refractivity contribution is 5.87. The molecular formula is C32H34ClN3O3. The molecule has 7 rings (SSSR count). The van der Waals surface area contributed by atoms with E-state index in [4.69, 9.17) is 4.74 Å². The minimum Gasteiger partial charge on any atom is -0.448 e. The first-order valence-corrected chi connectivity index (χ1v) is 13.8. The van der Waals surface area contributed by atoms with E-state index in [-0.39, 0.29) is 36.3 Å². The van der Waals surface area contributed by atoms with Crippen LogP contribution in [-0.4, -0.2) is 60.6 Å². The number of likely N-dealkylation sites (tertiary alicyclic amines) is 1. The van der Waals surface area contributed by atoms with Crippen LogP contribution in [-0.2, 0) is 22.5 Å². The van der Waals surface area contributed by atoms with Crippen LogP contribution in [0.1, 0.15) is 41.0 Å². The lowest BCUT2D eigenvalue weighted by molar-refractivity contribution is -0.151. The van der Waals surface area contributed by atoms with Crippen molar-refractivity contribution in [3.05, 3.63) is 95.1 Å². The summed E-state index contributed by atoms with van der Waals surface area (Å²) in [5.74, 6) is 0.0462. The van der Waals surface area contributed by atoms with E-state index in [1.807, 2.05) is 35.2 Å². The van der Waals surface area contributed by atoms with Gasteiger partial charge in [-0.05, 0) is 59.3 Å². The average molecular weight is 544 g/mol. The molecule has 1 atom stereocenters. The summed E-state index contributed by atoms with van der Waals surface area (Å²) in [6, 6.07) is 24.3. The SMILES string of the molecule is Cl.O=C([C@H]1Cc2ccccc2CN1C(=O)OCC1c2ccccc2-c2ccccc21)N1CC2(CCNCC2)C1. The smallest absolute Gasteiger partial charge is 0.410 e. The Kier molecular flexibility index (Phi) is 6.86. The zero-order chi connectivity index (χ0) is 25.7. The fourth-order valence-corrected chi connectivity index (χ4v) is 7.02. The number of nitrogens with one attached hydrogen (secondary N) is 1. The predicted molar refractivity (Wildman–Crippen MR) is 153 cm³/mol. The second-order valence-electron chi connectivity index (χ2n) is 11.4. The number of hydrogen-bond acceptors (Lipinski definition) is 4. The van der Waals surface area contributed by atoms with Crippen molar-refractivity contribution in [3.63, 3.8) is 0 Å². The van der Waals surface area contributed by atoms with Crippen molar-refractivity contribution in [1.29, 1.82) is 0 Å². The van der Waals surface area contributed by atoms with Crippen LogP contribution in [0, 0.1) is 5.41 Å². The number of piperidine rings is 1. The number of ether oxygens (including phenoxy) is 1. The van der Waals surface area contributed by atoms with E-state index >= 15 is 0 Å². The number of nitrogens with zero attached hydrogens (tertiary/aromatic N) is 2. The van der Waals surface area contributed by atoms with Gasteiger partial charge in [0.2, 0.25) is 5.91 Å². The van der Waals surface area contributed by atoms with Gasteiger partial charge in [-0.25, -0.2) is 4.79 Å². The molecule has 202 valence electrons. The quantitative estimate of drug-likeness (QED) is 0.505. The van der Waals surface area contributed by atoms with Crippen LogP contribution in [0.4, 0.5) is 4.79 Å². The number of hydrogen-bond donors (Lipinski definition) is 1. The summed E-state index contributed by atoms with van der Waals surface area (Å²) in [5, 5.41) is 3.43. The molecule has 2 saturated heterocycles. The van der Waals surface area contributed by atoms with Crippen LogP contribution in [0.5, 0.6) is 0 Å². The van der Waals surface area contributed by atoms with Crippen molar-refractivity contribution < 1.29 is 14.3 Å². The summed E-state index contributed by atoms with van der Waals surface area (Å²) in [7, 11) is 0. The lowest BCUT2D eigenvalue weighted by Gasteiger charge is -2.54. The van der Waals surface area contributed by atoms with E-state index in [9.17, 15) is 9.59 Å². The largest absolute Gasteiger partial charge is 0.448 e. The molecule has 0 aromatic heterocycles. The predicted octanol–water partition coefficient (Wildman–Crippen LogP) is 5.00. The molecule has 0 bridgehead atoms. The van der Waals surface area contributed by atoms with Gasteiger partial charge < -0.3 is 15.0 Å². The highest BCUT2D eigenvalue weighted by atomic mass is 35.5. The standard InChI is InChI=1S/C32H33N3O3.ClH/c36-30(34-20-32(21-34)13-15-33-16-14-32)29-17-22-7-1-2-8-23(22)18-35(29)31(37)38-19-28-26-11-5-3-9-24(26)25-10-4-6-12-27(25)28;/h1-12,28-29,33H,13-21H2;1H/t29-;/m1./s1. The molecule has 3 heterocycles. The van der Waals surface area contributed by atoms with Crippen molar-refractivity contribution in [2.75, 3.05) is 32.8 Å². The van der Waals surface area contributed by atoms with E-state index in [0.29, 0.717) is 13.0 Å². The number of rotatable bonds is 3. The Balaban J connectivity index is 0.00000277. The zero-order valence-electron chi connectivity index (χ0n) is 22.0. The molecule has 0 radical (unpaired) electrons. The van der Waals surface area contributed by atoms with Crippen molar-refractivity contribution in [3.8, 4) is 11.1 Å². The number of carbonyl (C=O) groups excluding carboxylic acids is 2. The first-order valence-electron chi connectivity index (χ1n) is 13.8. The molecule has 39 heavy (non-hydrogen) atoms. The van der Waals surface area contributed by atoms with Crippen molar-refractivity contribution >= 4 is 24.4 Å². The summed E-state index contributed by atoms with van der Waals surface area (Å²) < 4.78 is 6.02. The molecule has 1 aliphatic carbocycles. The van der Waals surface area contributed by atoms with E-state index in [2.05, 4.69) is 47.8 Å². The molecule has 0 saturated carbocycles. The molecule has 1 spiro atoms. The summed E-state index contributed by atoms with van der Waals surface area (Å²) >= 11 is 0. The van der Waals surface area contributed by atoms with Crippen molar-refractivity contribution in [2.24, 2.45) is 5.41 Å². The maximum Gasteiger partial charge on any atom is 0.410 e. The second-order valence-corrected chi connectivity index (χ2v) is 11.4. The fraction of sp³-hybridized carbons (Fsp3) is 0.375. The van der Waals surface area contributed by atoms with Gasteiger partial charge in [0.05, 0.1) is 6.54 Å². The maximum atomic E-state index is 13.8. The van der Waals surface area contributed by atoms with Crippen molar-refractivity contribution in [1.82, 2.24) is 15.1 Å². The van der Waals surface area contributed by atoms with Crippen LogP contribution >= 0.6 is 12.4 Å². The number of benzene rings is 3. The lowest BCUT2D eigenvalue weighted by Crippen LogP contribution is -2.65. The number of carbonyl (C=O) groups is 2. The van der Waals surface area contributed by atoms with Gasteiger partial charge in [0.1, 0.15) is 12.6 Å². The topological polar surface area (TPSA) is 61.9 Å². The van der Waals surface area contributed by atoms with Crippen LogP contribution in [0.25, 0.3) is 11.1 Å². The van der Waals surface area contributed by atoms with Gasteiger partial charge in [0, 0.05) is 30.8 Å². The maximum absolute atomic E-state index is 13.8. The molecule has 3 aliphatic heterocycles. The number of amides is 2. The summed E-state index contributed by atoms with van der Waals surface area (Å²) in [4.78, 5) is 31.1. The molecule has 2 fully saturated rings. The van der Waals surface area contributed by atoms with Gasteiger partial charge in [0.15, 0.2) is 0 Å². The Labute approximate surface area is 235 Å². The summed E-state index contributed by atoms with van der Waals surface area (Å²) in [6.45, 7) is 4.28. The van der Waals surface area contributed by atoms with Crippen LogP contribution < -0.4 is 5.32 Å².